The van der Waals surface area contributed by atoms with Gasteiger partial charge >= 0.3 is 5.97 Å². The van der Waals surface area contributed by atoms with E-state index in [-0.39, 0.29) is 19.3 Å². The van der Waals surface area contributed by atoms with Crippen LogP contribution in [0.15, 0.2) is 0 Å². The van der Waals surface area contributed by atoms with E-state index in [9.17, 15) is 4.79 Å². The minimum Gasteiger partial charge on any atom is -0.458 e. The van der Waals surface area contributed by atoms with Crippen molar-refractivity contribution >= 4 is 5.97 Å². The number of ether oxygens (including phenoxy) is 2. The first-order chi connectivity index (χ1) is 5.56. The number of carbonyl (C=O) groups excluding carboxylic acids is 1. The van der Waals surface area contributed by atoms with Gasteiger partial charge in [-0.05, 0) is 13.8 Å². The summed E-state index contributed by atoms with van der Waals surface area (Å²) in [5, 5.41) is 8.73. The summed E-state index contributed by atoms with van der Waals surface area (Å²) >= 11 is 0. The Kier molecular flexibility index (Phi) is 5.66. The summed E-state index contributed by atoms with van der Waals surface area (Å²) in [6, 6.07) is 0. The minimum atomic E-state index is -0.537. The van der Waals surface area contributed by atoms with E-state index in [0.29, 0.717) is 0 Å². The first-order valence-electron chi connectivity index (χ1n) is 3.96. The highest BCUT2D eigenvalue weighted by molar-refractivity contribution is 5.66. The molecule has 0 aromatic heterocycles. The van der Waals surface area contributed by atoms with Crippen LogP contribution < -0.4 is 0 Å². The third kappa shape index (κ3) is 6.12. The predicted molar refractivity (Wildman–Crippen MR) is 43.7 cm³/mol. The molecule has 0 rings (SSSR count). The molecule has 0 aliphatic carbocycles. The molecule has 0 radical (unpaired) electrons. The number of carbonyl (C=O) groups is 1. The summed E-state index contributed by atoms with van der Waals surface area (Å²) in [6.07, 6.45) is -0.459. The van der Waals surface area contributed by atoms with Crippen molar-refractivity contribution in [3.63, 3.8) is 0 Å². The third-order valence-corrected chi connectivity index (χ3v) is 1.15. The van der Waals surface area contributed by atoms with Gasteiger partial charge in [-0.25, -0.2) is 0 Å². The van der Waals surface area contributed by atoms with Gasteiger partial charge < -0.3 is 14.6 Å². The Hall–Kier alpha value is -0.610. The average molecular weight is 176 g/mol. The molecule has 0 saturated carbocycles. The Morgan fingerprint density at radius 2 is 2.08 bits per heavy atom. The van der Waals surface area contributed by atoms with Crippen molar-refractivity contribution < 1.29 is 19.4 Å². The summed E-state index contributed by atoms with van der Waals surface area (Å²) in [4.78, 5) is 10.5. The molecule has 72 valence electrons. The second-order valence-corrected chi connectivity index (χ2v) is 2.80. The van der Waals surface area contributed by atoms with Gasteiger partial charge in [0.05, 0.1) is 19.3 Å². The van der Waals surface area contributed by atoms with Crippen molar-refractivity contribution in [2.24, 2.45) is 0 Å². The lowest BCUT2D eigenvalue weighted by Gasteiger charge is -2.15. The Balaban J connectivity index is 3.60. The van der Waals surface area contributed by atoms with Gasteiger partial charge in [0.15, 0.2) is 0 Å². The van der Waals surface area contributed by atoms with Crippen molar-refractivity contribution in [2.45, 2.75) is 33.0 Å². The van der Waals surface area contributed by atoms with E-state index < -0.39 is 12.1 Å². The van der Waals surface area contributed by atoms with Crippen molar-refractivity contribution in [2.75, 3.05) is 13.2 Å². The highest BCUT2D eigenvalue weighted by atomic mass is 16.6. The van der Waals surface area contributed by atoms with Crippen molar-refractivity contribution in [3.05, 3.63) is 0 Å². The van der Waals surface area contributed by atoms with Crippen LogP contribution in [0.25, 0.3) is 0 Å². The van der Waals surface area contributed by atoms with Gasteiger partial charge in [0.2, 0.25) is 0 Å². The van der Waals surface area contributed by atoms with Crippen LogP contribution >= 0.6 is 0 Å². The molecular formula is C8H16O4. The quantitative estimate of drug-likeness (QED) is 0.613. The molecule has 0 amide bonds. The fraction of sp³-hybridized carbons (Fsp3) is 0.875. The zero-order valence-corrected chi connectivity index (χ0v) is 7.74. The Labute approximate surface area is 72.5 Å². The molecule has 12 heavy (non-hydrogen) atoms. The van der Waals surface area contributed by atoms with E-state index in [1.165, 1.54) is 6.92 Å². The van der Waals surface area contributed by atoms with Gasteiger partial charge in [-0.1, -0.05) is 0 Å². The summed E-state index contributed by atoms with van der Waals surface area (Å²) in [6.45, 7) is 5.10. The lowest BCUT2D eigenvalue weighted by atomic mass is 10.4. The molecule has 1 N–H and O–H groups in total. The molecule has 0 aromatic carbocycles. The van der Waals surface area contributed by atoms with Gasteiger partial charge in [-0.15, -0.1) is 0 Å². The molecule has 0 aliphatic rings. The minimum absolute atomic E-state index is 0.0783. The first kappa shape index (κ1) is 11.4. The molecule has 0 saturated heterocycles. The van der Waals surface area contributed by atoms with Gasteiger partial charge in [-0.2, -0.15) is 0 Å². The maximum absolute atomic E-state index is 10.5. The van der Waals surface area contributed by atoms with Crippen LogP contribution in [0, 0.1) is 0 Å². The zero-order chi connectivity index (χ0) is 9.56. The van der Waals surface area contributed by atoms with Crippen LogP contribution in [0.1, 0.15) is 20.8 Å². The predicted octanol–water partition coefficient (Wildman–Crippen LogP) is 0.335. The smallest absolute Gasteiger partial charge is 0.303 e. The van der Waals surface area contributed by atoms with Crippen LogP contribution in [0.2, 0.25) is 0 Å². The maximum atomic E-state index is 10.5. The fourth-order valence-electron chi connectivity index (χ4n) is 0.658. The number of aliphatic hydroxyl groups is 1. The van der Waals surface area contributed by atoms with Crippen LogP contribution in [0.3, 0.4) is 0 Å². The number of hydrogen-bond acceptors (Lipinski definition) is 4. The average Bonchev–Trinajstić information content (AvgIpc) is 1.97. The van der Waals surface area contributed by atoms with Crippen molar-refractivity contribution in [3.8, 4) is 0 Å². The molecular weight excluding hydrogens is 160 g/mol. The van der Waals surface area contributed by atoms with E-state index in [1.807, 2.05) is 13.8 Å². The molecule has 0 heterocycles. The molecule has 1 unspecified atom stereocenters. The SMILES string of the molecule is CC(=O)OC(CO)COC(C)C. The zero-order valence-electron chi connectivity index (χ0n) is 7.74. The van der Waals surface area contributed by atoms with E-state index in [2.05, 4.69) is 0 Å². The molecule has 4 heteroatoms. The largest absolute Gasteiger partial charge is 0.458 e. The fourth-order valence-corrected chi connectivity index (χ4v) is 0.658. The number of esters is 1. The van der Waals surface area contributed by atoms with Crippen LogP contribution in [0.5, 0.6) is 0 Å². The molecule has 4 nitrogen and oxygen atoms in total. The number of aliphatic hydroxyl groups excluding tert-OH is 1. The molecule has 0 fully saturated rings. The van der Waals surface area contributed by atoms with Gasteiger partial charge in [0, 0.05) is 6.92 Å². The second kappa shape index (κ2) is 5.97. The Morgan fingerprint density at radius 1 is 1.50 bits per heavy atom. The monoisotopic (exact) mass is 176 g/mol. The van der Waals surface area contributed by atoms with Gasteiger partial charge in [0.1, 0.15) is 6.10 Å². The topological polar surface area (TPSA) is 55.8 Å². The van der Waals surface area contributed by atoms with Crippen molar-refractivity contribution in [1.29, 1.82) is 0 Å². The maximum Gasteiger partial charge on any atom is 0.303 e. The Bertz CT molecular complexity index is 133. The first-order valence-corrected chi connectivity index (χ1v) is 3.96. The van der Waals surface area contributed by atoms with Gasteiger partial charge in [-0.3, -0.25) is 4.79 Å². The summed E-state index contributed by atoms with van der Waals surface area (Å²) < 4.78 is 9.89. The molecule has 0 bridgehead atoms. The van der Waals surface area contributed by atoms with Crippen LogP contribution in [-0.4, -0.2) is 36.5 Å². The highest BCUT2D eigenvalue weighted by Gasteiger charge is 2.11. The number of hydrogen-bond donors (Lipinski definition) is 1. The summed E-state index contributed by atoms with van der Waals surface area (Å²) in [5.41, 5.74) is 0. The number of rotatable bonds is 5. The molecule has 1 atom stereocenters. The lowest BCUT2D eigenvalue weighted by molar-refractivity contribution is -0.153. The molecule has 0 aliphatic heterocycles. The second-order valence-electron chi connectivity index (χ2n) is 2.80. The van der Waals surface area contributed by atoms with Crippen LogP contribution in [-0.2, 0) is 14.3 Å². The summed E-state index contributed by atoms with van der Waals surface area (Å²) in [5.74, 6) is -0.401. The van der Waals surface area contributed by atoms with E-state index in [4.69, 9.17) is 14.6 Å². The third-order valence-electron chi connectivity index (χ3n) is 1.15. The molecule has 0 aromatic rings. The standard InChI is InChI=1S/C8H16O4/c1-6(2)11-5-8(4-9)12-7(3)10/h6,8-9H,4-5H2,1-3H3. The highest BCUT2D eigenvalue weighted by Crippen LogP contribution is 1.96. The van der Waals surface area contributed by atoms with Crippen LogP contribution in [0.4, 0.5) is 0 Å². The van der Waals surface area contributed by atoms with Gasteiger partial charge in [0.25, 0.3) is 0 Å². The van der Waals surface area contributed by atoms with Crippen molar-refractivity contribution in [1.82, 2.24) is 0 Å². The van der Waals surface area contributed by atoms with E-state index in [0.717, 1.165) is 0 Å². The van der Waals surface area contributed by atoms with E-state index in [1.54, 1.807) is 0 Å². The lowest BCUT2D eigenvalue weighted by Crippen LogP contribution is -2.27. The summed E-state index contributed by atoms with van der Waals surface area (Å²) in [7, 11) is 0. The van der Waals surface area contributed by atoms with E-state index >= 15 is 0 Å². The normalized spacial score (nSPS) is 13.1. The molecule has 0 spiro atoms. The Morgan fingerprint density at radius 3 is 2.42 bits per heavy atom.